The van der Waals surface area contributed by atoms with E-state index in [1.54, 1.807) is 35.4 Å². The predicted octanol–water partition coefficient (Wildman–Crippen LogP) is 2.96. The van der Waals surface area contributed by atoms with Crippen LogP contribution in [0.4, 0.5) is 0 Å². The van der Waals surface area contributed by atoms with Crippen molar-refractivity contribution in [2.75, 3.05) is 26.2 Å². The van der Waals surface area contributed by atoms with Crippen LogP contribution in [-0.2, 0) is 10.0 Å². The van der Waals surface area contributed by atoms with Crippen molar-refractivity contribution in [3.05, 3.63) is 57.3 Å². The number of carbonyl (C=O) groups is 1. The summed E-state index contributed by atoms with van der Waals surface area (Å²) in [6.07, 6.45) is 1.55. The summed E-state index contributed by atoms with van der Waals surface area (Å²) in [4.78, 5) is 19.9. The molecule has 7 nitrogen and oxygen atoms in total. The van der Waals surface area contributed by atoms with E-state index in [1.807, 2.05) is 13.8 Å². The number of rotatable bonds is 3. The van der Waals surface area contributed by atoms with Crippen LogP contribution in [0.3, 0.4) is 0 Å². The molecule has 0 spiro atoms. The molecular weight excluding hydrogens is 410 g/mol. The van der Waals surface area contributed by atoms with Crippen LogP contribution in [-0.4, -0.2) is 54.7 Å². The van der Waals surface area contributed by atoms with Crippen molar-refractivity contribution in [1.82, 2.24) is 14.2 Å². The summed E-state index contributed by atoms with van der Waals surface area (Å²) in [5.41, 5.74) is 3.45. The minimum absolute atomic E-state index is 0.0256. The van der Waals surface area contributed by atoms with E-state index in [1.165, 1.54) is 15.6 Å². The third kappa shape index (κ3) is 3.00. The highest BCUT2D eigenvalue weighted by molar-refractivity contribution is 7.89. The van der Waals surface area contributed by atoms with Gasteiger partial charge in [-0.3, -0.25) is 4.79 Å². The highest BCUT2D eigenvalue weighted by atomic mass is 32.2. The molecule has 0 unspecified atom stereocenters. The molecule has 1 amide bonds. The lowest BCUT2D eigenvalue weighted by atomic mass is 10.2. The molecule has 3 aromatic rings. The molecular formula is C20H19N3O4S2. The standard InChI is InChI=1S/C20H19N3O4S2/c1-12-19(28-13(2)21-12)20(24)22-8-15-10-23(11-16(15)9-22)29(25,26)17-3-4-18-14(7-17)5-6-27-18/h3-7H,8-11H2,1-2H3. The topological polar surface area (TPSA) is 83.7 Å². The Kier molecular flexibility index (Phi) is 4.16. The molecule has 0 atom stereocenters. The number of amides is 1. The zero-order chi connectivity index (χ0) is 20.3. The average Bonchev–Trinajstić information content (AvgIpc) is 3.42. The van der Waals surface area contributed by atoms with E-state index in [9.17, 15) is 13.2 Å². The maximum atomic E-state index is 13.1. The maximum absolute atomic E-state index is 13.1. The monoisotopic (exact) mass is 429 g/mol. The molecule has 0 bridgehead atoms. The number of aryl methyl sites for hydroxylation is 2. The summed E-state index contributed by atoms with van der Waals surface area (Å²) >= 11 is 1.41. The number of hydrogen-bond acceptors (Lipinski definition) is 6. The number of aromatic nitrogens is 1. The quantitative estimate of drug-likeness (QED) is 0.598. The van der Waals surface area contributed by atoms with E-state index in [0.29, 0.717) is 36.6 Å². The molecule has 0 radical (unpaired) electrons. The summed E-state index contributed by atoms with van der Waals surface area (Å²) in [6.45, 7) is 5.32. The Bertz CT molecular complexity index is 1270. The van der Waals surface area contributed by atoms with E-state index >= 15 is 0 Å². The fourth-order valence-corrected chi connectivity index (χ4v) is 6.34. The van der Waals surface area contributed by atoms with Crippen LogP contribution >= 0.6 is 11.3 Å². The summed E-state index contributed by atoms with van der Waals surface area (Å²) in [7, 11) is -3.60. The van der Waals surface area contributed by atoms with Gasteiger partial charge in [0.25, 0.3) is 5.91 Å². The number of furan rings is 1. The van der Waals surface area contributed by atoms with Gasteiger partial charge in [0.2, 0.25) is 10.0 Å². The van der Waals surface area contributed by atoms with E-state index in [-0.39, 0.29) is 10.8 Å². The number of hydrogen-bond donors (Lipinski definition) is 0. The van der Waals surface area contributed by atoms with Crippen molar-refractivity contribution in [2.24, 2.45) is 0 Å². The second-order valence-electron chi connectivity index (χ2n) is 7.41. The van der Waals surface area contributed by atoms with Gasteiger partial charge in [-0.1, -0.05) is 0 Å². The first-order valence-electron chi connectivity index (χ1n) is 9.23. The van der Waals surface area contributed by atoms with Crippen LogP contribution in [0.15, 0.2) is 51.0 Å². The fourth-order valence-electron chi connectivity index (χ4n) is 3.99. The van der Waals surface area contributed by atoms with Crippen molar-refractivity contribution in [3.63, 3.8) is 0 Å². The Balaban J connectivity index is 1.32. The van der Waals surface area contributed by atoms with Gasteiger partial charge < -0.3 is 9.32 Å². The van der Waals surface area contributed by atoms with Crippen LogP contribution in [0.25, 0.3) is 11.0 Å². The van der Waals surface area contributed by atoms with Crippen LogP contribution < -0.4 is 0 Å². The van der Waals surface area contributed by atoms with E-state index in [0.717, 1.165) is 27.2 Å². The number of carbonyl (C=O) groups excluding carboxylic acids is 1. The Morgan fingerprint density at radius 2 is 1.83 bits per heavy atom. The first-order chi connectivity index (χ1) is 13.8. The van der Waals surface area contributed by atoms with E-state index in [2.05, 4.69) is 4.98 Å². The Labute approximate surface area is 172 Å². The van der Waals surface area contributed by atoms with Crippen molar-refractivity contribution < 1.29 is 17.6 Å². The Hall–Kier alpha value is -2.49. The van der Waals surface area contributed by atoms with Gasteiger partial charge >= 0.3 is 0 Å². The first-order valence-corrected chi connectivity index (χ1v) is 11.5. The number of fused-ring (bicyclic) bond motifs is 1. The van der Waals surface area contributed by atoms with Crippen molar-refractivity contribution in [2.45, 2.75) is 18.7 Å². The third-order valence-corrected chi connectivity index (χ3v) is 8.29. The van der Waals surface area contributed by atoms with Gasteiger partial charge in [-0.2, -0.15) is 4.31 Å². The van der Waals surface area contributed by atoms with E-state index < -0.39 is 10.0 Å². The second kappa shape index (κ2) is 6.51. The van der Waals surface area contributed by atoms with Gasteiger partial charge in [0.05, 0.1) is 21.9 Å². The highest BCUT2D eigenvalue weighted by Gasteiger charge is 2.38. The van der Waals surface area contributed by atoms with Crippen LogP contribution in [0.5, 0.6) is 0 Å². The van der Waals surface area contributed by atoms with Gasteiger partial charge in [-0.15, -0.1) is 11.3 Å². The predicted molar refractivity (Wildman–Crippen MR) is 109 cm³/mol. The normalized spacial score (nSPS) is 17.5. The molecule has 9 heteroatoms. The minimum atomic E-state index is -3.60. The second-order valence-corrected chi connectivity index (χ2v) is 10.6. The molecule has 0 aliphatic carbocycles. The molecule has 0 fully saturated rings. The lowest BCUT2D eigenvalue weighted by molar-refractivity contribution is 0.0796. The van der Waals surface area contributed by atoms with Gasteiger partial charge in [0.15, 0.2) is 0 Å². The average molecular weight is 430 g/mol. The maximum Gasteiger partial charge on any atom is 0.266 e. The molecule has 2 aliphatic rings. The minimum Gasteiger partial charge on any atom is -0.464 e. The summed E-state index contributed by atoms with van der Waals surface area (Å²) in [5, 5.41) is 1.63. The highest BCUT2D eigenvalue weighted by Crippen LogP contribution is 2.32. The van der Waals surface area contributed by atoms with Crippen LogP contribution in [0.1, 0.15) is 20.4 Å². The summed E-state index contributed by atoms with van der Waals surface area (Å²) in [6, 6.07) is 6.65. The summed E-state index contributed by atoms with van der Waals surface area (Å²) in [5.74, 6) is -0.0256. The molecule has 2 aromatic heterocycles. The van der Waals surface area contributed by atoms with E-state index in [4.69, 9.17) is 4.42 Å². The van der Waals surface area contributed by atoms with Crippen molar-refractivity contribution in [1.29, 1.82) is 0 Å². The lowest BCUT2D eigenvalue weighted by Crippen LogP contribution is -2.36. The first kappa shape index (κ1) is 18.5. The largest absolute Gasteiger partial charge is 0.464 e. The fraction of sp³-hybridized carbons (Fsp3) is 0.300. The molecule has 5 rings (SSSR count). The molecule has 2 aliphatic heterocycles. The van der Waals surface area contributed by atoms with Gasteiger partial charge in [-0.25, -0.2) is 13.4 Å². The van der Waals surface area contributed by atoms with Gasteiger partial charge in [0, 0.05) is 31.6 Å². The number of thiazole rings is 1. The molecule has 0 N–H and O–H groups in total. The molecule has 29 heavy (non-hydrogen) atoms. The third-order valence-electron chi connectivity index (χ3n) is 5.44. The Morgan fingerprint density at radius 1 is 1.10 bits per heavy atom. The summed E-state index contributed by atoms with van der Waals surface area (Å²) < 4.78 is 33.0. The van der Waals surface area contributed by atoms with Crippen molar-refractivity contribution in [3.8, 4) is 0 Å². The zero-order valence-corrected chi connectivity index (χ0v) is 17.6. The SMILES string of the molecule is Cc1nc(C)c(C(=O)N2CC3=C(C2)CN(S(=O)(=O)c2ccc4occc4c2)C3)s1. The molecule has 4 heterocycles. The molecule has 0 saturated heterocycles. The number of benzene rings is 1. The molecule has 0 saturated carbocycles. The Morgan fingerprint density at radius 3 is 2.48 bits per heavy atom. The number of nitrogens with zero attached hydrogens (tertiary/aromatic N) is 3. The van der Waals surface area contributed by atoms with Gasteiger partial charge in [0.1, 0.15) is 10.5 Å². The van der Waals surface area contributed by atoms with Crippen LogP contribution in [0, 0.1) is 13.8 Å². The van der Waals surface area contributed by atoms with Crippen LogP contribution in [0.2, 0.25) is 0 Å². The smallest absolute Gasteiger partial charge is 0.266 e. The zero-order valence-electron chi connectivity index (χ0n) is 16.0. The number of sulfonamides is 1. The van der Waals surface area contributed by atoms with Gasteiger partial charge in [-0.05, 0) is 49.3 Å². The molecule has 1 aromatic carbocycles. The molecule has 150 valence electrons. The lowest BCUT2D eigenvalue weighted by Gasteiger charge is -2.22. The van der Waals surface area contributed by atoms with Crippen molar-refractivity contribution >= 4 is 38.2 Å².